The summed E-state index contributed by atoms with van der Waals surface area (Å²) in [5.74, 6) is 0. The molecule has 0 saturated carbocycles. The molecule has 2 aromatic rings. The molecule has 0 aromatic carbocycles. The van der Waals surface area contributed by atoms with E-state index in [4.69, 9.17) is 5.11 Å². The van der Waals surface area contributed by atoms with Crippen molar-refractivity contribution in [3.8, 4) is 11.3 Å². The molecule has 0 bridgehead atoms. The van der Waals surface area contributed by atoms with Gasteiger partial charge in [-0.05, 0) is 25.5 Å². The van der Waals surface area contributed by atoms with Crippen LogP contribution in [-0.4, -0.2) is 32.5 Å². The molecule has 102 valence electrons. The van der Waals surface area contributed by atoms with Gasteiger partial charge in [0.25, 0.3) is 0 Å². The molecular formula is C14H20N4O. The van der Waals surface area contributed by atoms with Crippen molar-refractivity contribution in [2.75, 3.05) is 6.61 Å². The minimum absolute atomic E-state index is 0.205. The Bertz CT molecular complexity index is 509. The normalized spacial score (nSPS) is 12.6. The molecule has 0 fully saturated rings. The van der Waals surface area contributed by atoms with Crippen LogP contribution in [0.4, 0.5) is 0 Å². The maximum atomic E-state index is 8.91. The molecule has 2 rings (SSSR count). The van der Waals surface area contributed by atoms with Crippen LogP contribution in [-0.2, 0) is 13.6 Å². The Morgan fingerprint density at radius 3 is 3.00 bits per heavy atom. The molecule has 19 heavy (non-hydrogen) atoms. The Morgan fingerprint density at radius 2 is 2.32 bits per heavy atom. The van der Waals surface area contributed by atoms with E-state index in [2.05, 4.69) is 22.3 Å². The molecule has 1 unspecified atom stereocenters. The molecule has 0 spiro atoms. The minimum atomic E-state index is 0.205. The SMILES string of the molecule is CC(CCO)NCc1cn(C)nc1-c1cccnc1. The zero-order chi connectivity index (χ0) is 13.7. The van der Waals surface area contributed by atoms with Crippen molar-refractivity contribution < 1.29 is 5.11 Å². The van der Waals surface area contributed by atoms with E-state index in [9.17, 15) is 0 Å². The predicted molar refractivity (Wildman–Crippen MR) is 74.4 cm³/mol. The van der Waals surface area contributed by atoms with Crippen LogP contribution in [0.5, 0.6) is 0 Å². The van der Waals surface area contributed by atoms with Gasteiger partial charge in [0.2, 0.25) is 0 Å². The smallest absolute Gasteiger partial charge is 0.0983 e. The van der Waals surface area contributed by atoms with Gasteiger partial charge in [-0.1, -0.05) is 0 Å². The number of hydrogen-bond donors (Lipinski definition) is 2. The number of aliphatic hydroxyl groups is 1. The highest BCUT2D eigenvalue weighted by Crippen LogP contribution is 2.20. The van der Waals surface area contributed by atoms with Crippen molar-refractivity contribution in [1.82, 2.24) is 20.1 Å². The second kappa shape index (κ2) is 6.45. The van der Waals surface area contributed by atoms with Gasteiger partial charge in [0.1, 0.15) is 0 Å². The Balaban J connectivity index is 2.13. The van der Waals surface area contributed by atoms with Gasteiger partial charge < -0.3 is 10.4 Å². The molecular weight excluding hydrogens is 240 g/mol. The number of rotatable bonds is 6. The number of aromatic nitrogens is 3. The van der Waals surface area contributed by atoms with Gasteiger partial charge in [-0.2, -0.15) is 5.10 Å². The Labute approximate surface area is 113 Å². The lowest BCUT2D eigenvalue weighted by Gasteiger charge is -2.11. The first-order valence-corrected chi connectivity index (χ1v) is 6.48. The van der Waals surface area contributed by atoms with Crippen molar-refractivity contribution in [2.45, 2.75) is 25.9 Å². The van der Waals surface area contributed by atoms with Crippen LogP contribution in [0.15, 0.2) is 30.7 Å². The molecule has 2 aromatic heterocycles. The third kappa shape index (κ3) is 3.62. The summed E-state index contributed by atoms with van der Waals surface area (Å²) in [4.78, 5) is 4.13. The largest absolute Gasteiger partial charge is 0.396 e. The lowest BCUT2D eigenvalue weighted by molar-refractivity contribution is 0.268. The molecule has 0 saturated heterocycles. The first-order valence-electron chi connectivity index (χ1n) is 6.48. The van der Waals surface area contributed by atoms with Crippen LogP contribution >= 0.6 is 0 Å². The van der Waals surface area contributed by atoms with E-state index in [1.807, 2.05) is 36.3 Å². The highest BCUT2D eigenvalue weighted by molar-refractivity contribution is 5.61. The quantitative estimate of drug-likeness (QED) is 0.823. The van der Waals surface area contributed by atoms with Crippen molar-refractivity contribution in [3.05, 3.63) is 36.3 Å². The Kier molecular flexibility index (Phi) is 4.65. The predicted octanol–water partition coefficient (Wildman–Crippen LogP) is 1.34. The molecule has 2 heterocycles. The number of aryl methyl sites for hydroxylation is 1. The number of nitrogens with zero attached hydrogens (tertiary/aromatic N) is 3. The van der Waals surface area contributed by atoms with Gasteiger partial charge in [0, 0.05) is 56.0 Å². The first-order chi connectivity index (χ1) is 9.20. The average Bonchev–Trinajstić information content (AvgIpc) is 2.79. The average molecular weight is 260 g/mol. The molecule has 0 aliphatic heterocycles. The second-order valence-electron chi connectivity index (χ2n) is 4.71. The van der Waals surface area contributed by atoms with Crippen LogP contribution in [0.2, 0.25) is 0 Å². The van der Waals surface area contributed by atoms with Gasteiger partial charge in [0.05, 0.1) is 5.69 Å². The van der Waals surface area contributed by atoms with Gasteiger partial charge in [0.15, 0.2) is 0 Å². The molecule has 5 heteroatoms. The third-order valence-electron chi connectivity index (χ3n) is 3.04. The fraction of sp³-hybridized carbons (Fsp3) is 0.429. The molecule has 0 aliphatic rings. The maximum Gasteiger partial charge on any atom is 0.0983 e. The molecule has 1 atom stereocenters. The van der Waals surface area contributed by atoms with Crippen molar-refractivity contribution in [1.29, 1.82) is 0 Å². The highest BCUT2D eigenvalue weighted by Gasteiger charge is 2.11. The van der Waals surface area contributed by atoms with E-state index in [0.717, 1.165) is 29.8 Å². The summed E-state index contributed by atoms with van der Waals surface area (Å²) >= 11 is 0. The van der Waals surface area contributed by atoms with Crippen LogP contribution in [0.1, 0.15) is 18.9 Å². The van der Waals surface area contributed by atoms with E-state index in [1.54, 1.807) is 6.20 Å². The topological polar surface area (TPSA) is 63.0 Å². The van der Waals surface area contributed by atoms with Crippen LogP contribution in [0.25, 0.3) is 11.3 Å². The van der Waals surface area contributed by atoms with Crippen molar-refractivity contribution in [3.63, 3.8) is 0 Å². The zero-order valence-corrected chi connectivity index (χ0v) is 11.4. The second-order valence-corrected chi connectivity index (χ2v) is 4.71. The summed E-state index contributed by atoms with van der Waals surface area (Å²) in [6.07, 6.45) is 6.35. The summed E-state index contributed by atoms with van der Waals surface area (Å²) in [6, 6.07) is 4.21. The van der Waals surface area contributed by atoms with Gasteiger partial charge in [-0.25, -0.2) is 0 Å². The lowest BCUT2D eigenvalue weighted by Crippen LogP contribution is -2.26. The van der Waals surface area contributed by atoms with Crippen molar-refractivity contribution in [2.24, 2.45) is 7.05 Å². The summed E-state index contributed by atoms with van der Waals surface area (Å²) in [6.45, 7) is 3.01. The zero-order valence-electron chi connectivity index (χ0n) is 11.4. The number of pyridine rings is 1. The molecule has 0 amide bonds. The van der Waals surface area contributed by atoms with E-state index in [0.29, 0.717) is 0 Å². The fourth-order valence-electron chi connectivity index (χ4n) is 1.99. The first kappa shape index (κ1) is 13.7. The van der Waals surface area contributed by atoms with E-state index < -0.39 is 0 Å². The Morgan fingerprint density at radius 1 is 1.47 bits per heavy atom. The Hall–Kier alpha value is -1.72. The molecule has 2 N–H and O–H groups in total. The van der Waals surface area contributed by atoms with Gasteiger partial charge in [-0.15, -0.1) is 0 Å². The summed E-state index contributed by atoms with van der Waals surface area (Å²) in [5, 5.41) is 16.8. The van der Waals surface area contributed by atoms with Crippen LogP contribution in [0.3, 0.4) is 0 Å². The summed E-state index contributed by atoms with van der Waals surface area (Å²) in [5.41, 5.74) is 3.12. The number of hydrogen-bond acceptors (Lipinski definition) is 4. The molecule has 0 aliphatic carbocycles. The van der Waals surface area contributed by atoms with Gasteiger partial charge >= 0.3 is 0 Å². The lowest BCUT2D eigenvalue weighted by atomic mass is 10.1. The summed E-state index contributed by atoms with van der Waals surface area (Å²) < 4.78 is 1.82. The third-order valence-corrected chi connectivity index (χ3v) is 3.04. The summed E-state index contributed by atoms with van der Waals surface area (Å²) in [7, 11) is 1.92. The molecule has 0 radical (unpaired) electrons. The number of nitrogens with one attached hydrogen (secondary N) is 1. The van der Waals surface area contributed by atoms with Gasteiger partial charge in [-0.3, -0.25) is 9.67 Å². The van der Waals surface area contributed by atoms with Crippen molar-refractivity contribution >= 4 is 0 Å². The van der Waals surface area contributed by atoms with E-state index in [-0.39, 0.29) is 12.6 Å². The van der Waals surface area contributed by atoms with Crippen LogP contribution < -0.4 is 5.32 Å². The monoisotopic (exact) mass is 260 g/mol. The van der Waals surface area contributed by atoms with Crippen LogP contribution in [0, 0.1) is 0 Å². The van der Waals surface area contributed by atoms with E-state index >= 15 is 0 Å². The fourth-order valence-corrected chi connectivity index (χ4v) is 1.99. The number of aliphatic hydroxyl groups excluding tert-OH is 1. The minimum Gasteiger partial charge on any atom is -0.396 e. The standard InChI is InChI=1S/C14H20N4O/c1-11(5-7-19)16-9-13-10-18(2)17-14(13)12-4-3-6-15-8-12/h3-4,6,8,10-11,16,19H,5,7,9H2,1-2H3. The van der Waals surface area contributed by atoms with E-state index in [1.165, 1.54) is 0 Å². The highest BCUT2D eigenvalue weighted by atomic mass is 16.3. The molecule has 5 nitrogen and oxygen atoms in total. The maximum absolute atomic E-state index is 8.91.